The van der Waals surface area contributed by atoms with E-state index in [4.69, 9.17) is 0 Å². The number of urea groups is 1. The Morgan fingerprint density at radius 3 is 2.86 bits per heavy atom. The van der Waals surface area contributed by atoms with Gasteiger partial charge in [0, 0.05) is 33.5 Å². The summed E-state index contributed by atoms with van der Waals surface area (Å²) in [6.07, 6.45) is 6.40. The molecule has 0 bridgehead atoms. The number of carbonyl (C=O) groups excluding carboxylic acids is 1. The van der Waals surface area contributed by atoms with E-state index in [0.29, 0.717) is 11.3 Å². The van der Waals surface area contributed by atoms with Crippen LogP contribution in [0, 0.1) is 0 Å². The van der Waals surface area contributed by atoms with Gasteiger partial charge in [0.25, 0.3) is 0 Å². The molecule has 7 heteroatoms. The van der Waals surface area contributed by atoms with E-state index in [0.717, 1.165) is 17.8 Å². The van der Waals surface area contributed by atoms with E-state index in [1.165, 1.54) is 0 Å². The molecule has 7 nitrogen and oxygen atoms in total. The van der Waals surface area contributed by atoms with Gasteiger partial charge in [-0.1, -0.05) is 13.0 Å². The summed E-state index contributed by atoms with van der Waals surface area (Å²) in [7, 11) is 5.50. The minimum atomic E-state index is -0.289. The lowest BCUT2D eigenvalue weighted by atomic mass is 10.2. The van der Waals surface area contributed by atoms with Crippen LogP contribution in [0.3, 0.4) is 0 Å². The Morgan fingerprint density at radius 1 is 1.48 bits per heavy atom. The van der Waals surface area contributed by atoms with E-state index in [1.54, 1.807) is 24.0 Å². The molecule has 21 heavy (non-hydrogen) atoms. The number of anilines is 1. The van der Waals surface area contributed by atoms with Gasteiger partial charge in [-0.25, -0.2) is 14.3 Å². The number of amides is 2. The maximum atomic E-state index is 11.6. The quantitative estimate of drug-likeness (QED) is 0.899. The van der Waals surface area contributed by atoms with Gasteiger partial charge in [0.05, 0.1) is 11.4 Å². The zero-order chi connectivity index (χ0) is 15.4. The van der Waals surface area contributed by atoms with Crippen molar-refractivity contribution in [2.75, 3.05) is 26.5 Å². The molecule has 112 valence electrons. The summed E-state index contributed by atoms with van der Waals surface area (Å²) in [5.74, 6) is 0. The van der Waals surface area contributed by atoms with E-state index >= 15 is 0 Å². The first-order valence-electron chi connectivity index (χ1n) is 6.77. The van der Waals surface area contributed by atoms with Crippen LogP contribution in [0.4, 0.5) is 10.5 Å². The predicted octanol–water partition coefficient (Wildman–Crippen LogP) is 1.79. The fourth-order valence-electron chi connectivity index (χ4n) is 2.03. The summed E-state index contributed by atoms with van der Waals surface area (Å²) in [5, 5.41) is 9.85. The first-order chi connectivity index (χ1) is 10.1. The second-order valence-corrected chi connectivity index (χ2v) is 4.73. The smallest absolute Gasteiger partial charge is 0.319 e. The first-order valence-corrected chi connectivity index (χ1v) is 6.77. The number of imidazole rings is 1. The van der Waals surface area contributed by atoms with Crippen LogP contribution >= 0.6 is 0 Å². The summed E-state index contributed by atoms with van der Waals surface area (Å²) < 4.78 is 1.66. The van der Waals surface area contributed by atoms with Crippen LogP contribution in [0.25, 0.3) is 11.3 Å². The summed E-state index contributed by atoms with van der Waals surface area (Å²) in [6, 6.07) is 1.54. The fourth-order valence-corrected chi connectivity index (χ4v) is 2.03. The van der Waals surface area contributed by atoms with Crippen molar-refractivity contribution >= 4 is 23.1 Å². The lowest BCUT2D eigenvalue weighted by Gasteiger charge is -2.18. The number of nitrogens with one attached hydrogen (secondary N) is 2. The molecule has 0 spiro atoms. The maximum Gasteiger partial charge on any atom is 0.319 e. The minimum Gasteiger partial charge on any atom is -0.376 e. The Balaban J connectivity index is 2.55. The molecule has 2 aromatic heterocycles. The van der Waals surface area contributed by atoms with Crippen LogP contribution < -0.4 is 10.6 Å². The van der Waals surface area contributed by atoms with Gasteiger partial charge in [-0.3, -0.25) is 0 Å². The standard InChI is InChI=1S/C14H20N6O/c1-5-6-12(19(3)4)10-9-11(17-14(21)15-2)13-16-7-8-20(13)18-10/h6-9H,5H2,1-4H3,(H2,15,17,21)/b12-6-. The summed E-state index contributed by atoms with van der Waals surface area (Å²) in [4.78, 5) is 17.8. The zero-order valence-corrected chi connectivity index (χ0v) is 12.7. The van der Waals surface area contributed by atoms with Gasteiger partial charge in [-0.15, -0.1) is 0 Å². The third-order valence-electron chi connectivity index (χ3n) is 2.98. The third-order valence-corrected chi connectivity index (χ3v) is 2.98. The molecule has 0 aliphatic rings. The Bertz CT molecular complexity index is 673. The van der Waals surface area contributed by atoms with Crippen LogP contribution in [-0.4, -0.2) is 46.7 Å². The molecule has 2 rings (SSSR count). The number of rotatable bonds is 4. The fraction of sp³-hybridized carbons (Fsp3) is 0.357. The van der Waals surface area contributed by atoms with E-state index in [-0.39, 0.29) is 6.03 Å². The Hall–Kier alpha value is -2.57. The van der Waals surface area contributed by atoms with Crippen molar-refractivity contribution in [3.8, 4) is 0 Å². The second-order valence-electron chi connectivity index (χ2n) is 4.73. The largest absolute Gasteiger partial charge is 0.376 e. The molecule has 0 aliphatic heterocycles. The van der Waals surface area contributed by atoms with Crippen LogP contribution in [0.15, 0.2) is 24.5 Å². The Morgan fingerprint density at radius 2 is 2.24 bits per heavy atom. The van der Waals surface area contributed by atoms with Gasteiger partial charge in [-0.2, -0.15) is 5.10 Å². The van der Waals surface area contributed by atoms with Crippen LogP contribution in [0.1, 0.15) is 19.0 Å². The Kier molecular flexibility index (Phi) is 4.42. The molecular weight excluding hydrogens is 268 g/mol. The highest BCUT2D eigenvalue weighted by atomic mass is 16.2. The maximum absolute atomic E-state index is 11.6. The van der Waals surface area contributed by atoms with E-state index in [9.17, 15) is 4.79 Å². The molecule has 0 aliphatic carbocycles. The van der Waals surface area contributed by atoms with Crippen molar-refractivity contribution in [3.63, 3.8) is 0 Å². The molecule has 2 heterocycles. The van der Waals surface area contributed by atoms with Gasteiger partial charge in [0.15, 0.2) is 5.65 Å². The lowest BCUT2D eigenvalue weighted by Crippen LogP contribution is -2.25. The molecule has 0 saturated carbocycles. The molecule has 2 aromatic rings. The number of hydrogen-bond donors (Lipinski definition) is 2. The summed E-state index contributed by atoms with van der Waals surface area (Å²) >= 11 is 0. The van der Waals surface area contributed by atoms with Crippen LogP contribution in [0.2, 0.25) is 0 Å². The number of aromatic nitrogens is 3. The van der Waals surface area contributed by atoms with Crippen molar-refractivity contribution in [2.45, 2.75) is 13.3 Å². The predicted molar refractivity (Wildman–Crippen MR) is 83.0 cm³/mol. The topological polar surface area (TPSA) is 74.6 Å². The van der Waals surface area contributed by atoms with Gasteiger partial charge >= 0.3 is 6.03 Å². The Labute approximate surface area is 123 Å². The highest BCUT2D eigenvalue weighted by molar-refractivity contribution is 5.93. The zero-order valence-electron chi connectivity index (χ0n) is 12.7. The summed E-state index contributed by atoms with van der Waals surface area (Å²) in [5.41, 5.74) is 3.00. The highest BCUT2D eigenvalue weighted by Crippen LogP contribution is 2.22. The van der Waals surface area contributed by atoms with Gasteiger partial charge < -0.3 is 15.5 Å². The van der Waals surface area contributed by atoms with Crippen molar-refractivity contribution in [2.24, 2.45) is 0 Å². The van der Waals surface area contributed by atoms with E-state index in [1.807, 2.05) is 25.1 Å². The molecule has 0 atom stereocenters. The molecule has 0 aromatic carbocycles. The normalized spacial score (nSPS) is 11.5. The molecular formula is C14H20N6O. The van der Waals surface area contributed by atoms with E-state index in [2.05, 4.69) is 33.7 Å². The SMILES string of the molecule is CC/C=C(/c1cc(NC(=O)NC)c2nccn2n1)N(C)C. The molecule has 0 saturated heterocycles. The number of carbonyl (C=O) groups is 1. The molecule has 2 N–H and O–H groups in total. The van der Waals surface area contributed by atoms with Gasteiger partial charge in [0.1, 0.15) is 5.69 Å². The van der Waals surface area contributed by atoms with Gasteiger partial charge in [-0.05, 0) is 12.5 Å². The highest BCUT2D eigenvalue weighted by Gasteiger charge is 2.13. The monoisotopic (exact) mass is 288 g/mol. The number of nitrogens with zero attached hydrogens (tertiary/aromatic N) is 4. The van der Waals surface area contributed by atoms with Crippen LogP contribution in [-0.2, 0) is 0 Å². The minimum absolute atomic E-state index is 0.289. The average Bonchev–Trinajstić information content (AvgIpc) is 2.92. The van der Waals surface area contributed by atoms with Gasteiger partial charge in [0.2, 0.25) is 0 Å². The van der Waals surface area contributed by atoms with Crippen molar-refractivity contribution in [1.29, 1.82) is 0 Å². The van der Waals surface area contributed by atoms with Crippen LogP contribution in [0.5, 0.6) is 0 Å². The third kappa shape index (κ3) is 3.13. The number of allylic oxidation sites excluding steroid dienone is 1. The molecule has 2 amide bonds. The van der Waals surface area contributed by atoms with Crippen molar-refractivity contribution in [3.05, 3.63) is 30.2 Å². The first kappa shape index (κ1) is 14.8. The van der Waals surface area contributed by atoms with Crippen molar-refractivity contribution in [1.82, 2.24) is 24.8 Å². The molecule has 0 radical (unpaired) electrons. The number of fused-ring (bicyclic) bond motifs is 1. The lowest BCUT2D eigenvalue weighted by molar-refractivity contribution is 0.254. The van der Waals surface area contributed by atoms with Crippen molar-refractivity contribution < 1.29 is 4.79 Å². The summed E-state index contributed by atoms with van der Waals surface area (Å²) in [6.45, 7) is 2.07. The molecule has 0 unspecified atom stereocenters. The second kappa shape index (κ2) is 6.25. The molecule has 0 fully saturated rings. The average molecular weight is 288 g/mol. The number of hydrogen-bond acceptors (Lipinski definition) is 4. The van der Waals surface area contributed by atoms with E-state index < -0.39 is 0 Å².